The first-order chi connectivity index (χ1) is 16.2. The van der Waals surface area contributed by atoms with Gasteiger partial charge in [-0.2, -0.15) is 16.9 Å². The number of aromatic nitrogens is 2. The molecule has 2 heterocycles. The number of allylic oxidation sites excluding steroid dienone is 1. The molecule has 1 fully saturated rings. The van der Waals surface area contributed by atoms with Gasteiger partial charge in [-0.3, -0.25) is 14.8 Å². The normalized spacial score (nSPS) is 20.5. The molecule has 0 bridgehead atoms. The van der Waals surface area contributed by atoms with Crippen LogP contribution in [-0.4, -0.2) is 36.8 Å². The molecule has 1 aliphatic carbocycles. The molecule has 0 spiro atoms. The molecule has 1 atom stereocenters. The highest BCUT2D eigenvalue weighted by Gasteiger charge is 2.53. The number of nitro groups is 1. The van der Waals surface area contributed by atoms with E-state index in [0.717, 1.165) is 42.8 Å². The fourth-order valence-electron chi connectivity index (χ4n) is 5.72. The molecule has 1 aromatic heterocycles. The van der Waals surface area contributed by atoms with E-state index in [0.29, 0.717) is 28.7 Å². The minimum absolute atomic E-state index is 0.0577. The van der Waals surface area contributed by atoms with Crippen LogP contribution in [0.3, 0.4) is 0 Å². The maximum Gasteiger partial charge on any atom is 0.334 e. The summed E-state index contributed by atoms with van der Waals surface area (Å²) in [6.07, 6.45) is 4.61. The molecule has 9 heteroatoms. The molecule has 1 aliphatic heterocycles. The van der Waals surface area contributed by atoms with Crippen LogP contribution >= 0.6 is 11.8 Å². The summed E-state index contributed by atoms with van der Waals surface area (Å²) in [6.45, 7) is 5.94. The molecule has 0 saturated heterocycles. The summed E-state index contributed by atoms with van der Waals surface area (Å²) < 4.78 is 1.78. The van der Waals surface area contributed by atoms with Crippen LogP contribution in [0.4, 0.5) is 11.5 Å². The maximum absolute atomic E-state index is 12.9. The quantitative estimate of drug-likeness (QED) is 0.371. The number of carboxylic acid groups (broad SMARTS) is 1. The zero-order valence-corrected chi connectivity index (χ0v) is 20.9. The minimum atomic E-state index is -1.19. The van der Waals surface area contributed by atoms with Crippen LogP contribution in [0.15, 0.2) is 35.5 Å². The number of aliphatic carboxylic acids is 1. The van der Waals surface area contributed by atoms with E-state index in [1.807, 2.05) is 7.05 Å². The van der Waals surface area contributed by atoms with Gasteiger partial charge in [0.2, 0.25) is 0 Å². The van der Waals surface area contributed by atoms with Gasteiger partial charge in [0.15, 0.2) is 0 Å². The van der Waals surface area contributed by atoms with Crippen LogP contribution in [0.2, 0.25) is 0 Å². The van der Waals surface area contributed by atoms with Gasteiger partial charge in [0.25, 0.3) is 5.69 Å². The predicted molar refractivity (Wildman–Crippen MR) is 134 cm³/mol. The number of nitrogens with one attached hydrogen (secondary N) is 1. The van der Waals surface area contributed by atoms with Crippen molar-refractivity contribution in [3.8, 4) is 0 Å². The number of carbonyl (C=O) groups is 1. The summed E-state index contributed by atoms with van der Waals surface area (Å²) in [5, 5.41) is 31.3. The molecule has 8 nitrogen and oxygen atoms in total. The smallest absolute Gasteiger partial charge is 0.334 e. The van der Waals surface area contributed by atoms with E-state index in [2.05, 4.69) is 19.2 Å². The van der Waals surface area contributed by atoms with Gasteiger partial charge in [-0.15, -0.1) is 0 Å². The molecule has 0 radical (unpaired) electrons. The second-order valence-corrected chi connectivity index (χ2v) is 11.2. The molecule has 2 aliphatic rings. The lowest BCUT2D eigenvalue weighted by molar-refractivity contribution is -0.385. The number of anilines is 1. The van der Waals surface area contributed by atoms with Gasteiger partial charge in [-0.05, 0) is 37.2 Å². The van der Waals surface area contributed by atoms with Crippen molar-refractivity contribution in [1.29, 1.82) is 0 Å². The summed E-state index contributed by atoms with van der Waals surface area (Å²) in [7, 11) is 1.86. The average Bonchev–Trinajstić information content (AvgIpc) is 3.41. The minimum Gasteiger partial charge on any atom is -0.478 e. The van der Waals surface area contributed by atoms with Crippen molar-refractivity contribution in [2.24, 2.45) is 7.05 Å². The Bertz CT molecular complexity index is 1150. The molecule has 1 unspecified atom stereocenters. The number of fused-ring (bicyclic) bond motifs is 1. The van der Waals surface area contributed by atoms with E-state index in [1.165, 1.54) is 6.07 Å². The number of nitrogens with zero attached hydrogens (tertiary/aromatic N) is 3. The van der Waals surface area contributed by atoms with Crippen LogP contribution in [-0.2, 0) is 17.3 Å². The van der Waals surface area contributed by atoms with Crippen LogP contribution in [0.1, 0.15) is 75.6 Å². The monoisotopic (exact) mass is 484 g/mol. The van der Waals surface area contributed by atoms with Crippen molar-refractivity contribution < 1.29 is 14.8 Å². The number of carboxylic acids is 1. The topological polar surface area (TPSA) is 110 Å². The van der Waals surface area contributed by atoms with Gasteiger partial charge >= 0.3 is 5.97 Å². The molecule has 2 aromatic rings. The predicted octanol–water partition coefficient (Wildman–Crippen LogP) is 5.59. The van der Waals surface area contributed by atoms with Crippen LogP contribution < -0.4 is 5.32 Å². The number of thioether (sulfide) groups is 1. The first kappa shape index (κ1) is 24.3. The van der Waals surface area contributed by atoms with Crippen molar-refractivity contribution in [3.63, 3.8) is 0 Å². The highest BCUT2D eigenvalue weighted by atomic mass is 32.2. The summed E-state index contributed by atoms with van der Waals surface area (Å²) in [5.41, 5.74) is 1.52. The lowest BCUT2D eigenvalue weighted by Crippen LogP contribution is -2.41. The van der Waals surface area contributed by atoms with E-state index in [9.17, 15) is 20.0 Å². The second kappa shape index (κ2) is 9.44. The van der Waals surface area contributed by atoms with E-state index in [1.54, 1.807) is 41.6 Å². The summed E-state index contributed by atoms with van der Waals surface area (Å²) in [5.74, 6) is 0.540. The van der Waals surface area contributed by atoms with Crippen molar-refractivity contribution in [3.05, 3.63) is 62.5 Å². The molecule has 2 N–H and O–H groups in total. The Balaban J connectivity index is 2.09. The van der Waals surface area contributed by atoms with Gasteiger partial charge in [-0.25, -0.2) is 4.79 Å². The van der Waals surface area contributed by atoms with Gasteiger partial charge in [0.1, 0.15) is 5.82 Å². The molecule has 1 saturated carbocycles. The average molecular weight is 485 g/mol. The maximum atomic E-state index is 12.9. The molecular formula is C25H32N4O4S. The van der Waals surface area contributed by atoms with Crippen LogP contribution in [0.25, 0.3) is 0 Å². The molecule has 0 amide bonds. The lowest BCUT2D eigenvalue weighted by Gasteiger charge is -2.40. The largest absolute Gasteiger partial charge is 0.478 e. The third kappa shape index (κ3) is 4.00. The summed E-state index contributed by atoms with van der Waals surface area (Å²) in [4.78, 5) is 24.7. The first-order valence-corrected chi connectivity index (χ1v) is 12.9. The zero-order valence-electron chi connectivity index (χ0n) is 20.1. The van der Waals surface area contributed by atoms with Gasteiger partial charge < -0.3 is 10.4 Å². The first-order valence-electron chi connectivity index (χ1n) is 11.8. The SMILES string of the molecule is CC1=C(C(=O)O)C(CCSC(C)C)(c2ccccc2[N+](=O)[O-])c2c(C3CCCC3)nn(C)c2N1. The number of hydrogen-bond donors (Lipinski definition) is 2. The Morgan fingerprint density at radius 3 is 2.65 bits per heavy atom. The third-order valence-electron chi connectivity index (χ3n) is 7.05. The lowest BCUT2D eigenvalue weighted by atomic mass is 9.63. The van der Waals surface area contributed by atoms with Gasteiger partial charge in [-0.1, -0.05) is 44.9 Å². The Morgan fingerprint density at radius 2 is 2.03 bits per heavy atom. The summed E-state index contributed by atoms with van der Waals surface area (Å²) >= 11 is 1.73. The highest BCUT2D eigenvalue weighted by molar-refractivity contribution is 7.99. The van der Waals surface area contributed by atoms with E-state index < -0.39 is 16.3 Å². The van der Waals surface area contributed by atoms with Crippen LogP contribution in [0, 0.1) is 10.1 Å². The molecular weight excluding hydrogens is 452 g/mol. The fraction of sp³-hybridized carbons (Fsp3) is 0.520. The van der Waals surface area contributed by atoms with Crippen molar-refractivity contribution in [2.45, 2.75) is 69.5 Å². The summed E-state index contributed by atoms with van der Waals surface area (Å²) in [6, 6.07) is 6.61. The Kier molecular flexibility index (Phi) is 6.75. The van der Waals surface area contributed by atoms with Gasteiger partial charge in [0, 0.05) is 35.9 Å². The Morgan fingerprint density at radius 1 is 1.35 bits per heavy atom. The van der Waals surface area contributed by atoms with E-state index in [-0.39, 0.29) is 17.2 Å². The Hall–Kier alpha value is -2.81. The van der Waals surface area contributed by atoms with Crippen molar-refractivity contribution >= 4 is 29.2 Å². The number of aryl methyl sites for hydroxylation is 1. The molecule has 182 valence electrons. The second-order valence-electron chi connectivity index (χ2n) is 9.49. The van der Waals surface area contributed by atoms with Crippen molar-refractivity contribution in [1.82, 2.24) is 9.78 Å². The fourth-order valence-corrected chi connectivity index (χ4v) is 6.61. The standard InChI is InChI=1S/C25H32N4O4S/c1-15(2)34-14-13-25(18-11-7-8-12-19(18)29(32)33)20(24(30)31)16(3)26-23-21(25)22(27-28(23)4)17-9-5-6-10-17/h7-8,11-12,15,17,26H,5-6,9-10,13-14H2,1-4H3,(H,30,31). The Labute approximate surface area is 204 Å². The number of rotatable bonds is 8. The number of nitro benzene ring substituents is 1. The third-order valence-corrected chi connectivity index (χ3v) is 8.16. The molecule has 1 aromatic carbocycles. The molecule has 4 rings (SSSR count). The number of hydrogen-bond acceptors (Lipinski definition) is 6. The van der Waals surface area contributed by atoms with Crippen molar-refractivity contribution in [2.75, 3.05) is 11.1 Å². The van der Waals surface area contributed by atoms with E-state index >= 15 is 0 Å². The van der Waals surface area contributed by atoms with Crippen LogP contribution in [0.5, 0.6) is 0 Å². The molecule has 34 heavy (non-hydrogen) atoms. The zero-order chi connectivity index (χ0) is 24.6. The number of benzene rings is 1. The number of para-hydroxylation sites is 1. The van der Waals surface area contributed by atoms with E-state index in [4.69, 9.17) is 5.10 Å². The highest BCUT2D eigenvalue weighted by Crippen LogP contribution is 2.55. The van der Waals surface area contributed by atoms with Gasteiger partial charge in [0.05, 0.1) is 21.6 Å².